The second kappa shape index (κ2) is 6.60. The molecule has 0 spiro atoms. The quantitative estimate of drug-likeness (QED) is 0.726. The third-order valence-electron chi connectivity index (χ3n) is 2.43. The molecule has 5 nitrogen and oxygen atoms in total. The van der Waals surface area contributed by atoms with Crippen molar-refractivity contribution in [1.29, 1.82) is 0 Å². The van der Waals surface area contributed by atoms with Crippen LogP contribution in [0.3, 0.4) is 0 Å². The highest BCUT2D eigenvalue weighted by Gasteiger charge is 2.08. The minimum atomic E-state index is -0.268. The Morgan fingerprint density at radius 2 is 2.25 bits per heavy atom. The Labute approximate surface area is 96.9 Å². The molecule has 0 aliphatic rings. The van der Waals surface area contributed by atoms with Gasteiger partial charge in [0.25, 0.3) is 0 Å². The Bertz CT molecular complexity index is 298. The molecule has 2 N–H and O–H groups in total. The van der Waals surface area contributed by atoms with Gasteiger partial charge in [-0.05, 0) is 26.7 Å². The summed E-state index contributed by atoms with van der Waals surface area (Å²) in [6.45, 7) is 7.59. The molecule has 2 atom stereocenters. The predicted octanol–water partition coefficient (Wildman–Crippen LogP) is 0.937. The maximum Gasteiger partial charge on any atom is 0.140 e. The van der Waals surface area contributed by atoms with Crippen LogP contribution in [0, 0.1) is 0 Å². The summed E-state index contributed by atoms with van der Waals surface area (Å²) in [4.78, 5) is 4.21. The van der Waals surface area contributed by atoms with E-state index in [1.54, 1.807) is 13.3 Å². The van der Waals surface area contributed by atoms with Gasteiger partial charge in [-0.3, -0.25) is 0 Å². The second-order valence-electron chi connectivity index (χ2n) is 4.27. The molecule has 0 aliphatic carbocycles. The zero-order valence-electron chi connectivity index (χ0n) is 10.3. The minimum absolute atomic E-state index is 0.268. The van der Waals surface area contributed by atoms with Crippen LogP contribution in [0.1, 0.15) is 39.4 Å². The fourth-order valence-electron chi connectivity index (χ4n) is 1.68. The number of aryl methyl sites for hydroxylation is 1. The van der Waals surface area contributed by atoms with E-state index in [2.05, 4.69) is 29.2 Å². The lowest BCUT2D eigenvalue weighted by Gasteiger charge is -2.15. The molecule has 1 rings (SSSR count). The van der Waals surface area contributed by atoms with Crippen LogP contribution in [-0.2, 0) is 13.1 Å². The third-order valence-corrected chi connectivity index (χ3v) is 2.43. The average Bonchev–Trinajstić information content (AvgIpc) is 2.62. The van der Waals surface area contributed by atoms with Crippen molar-refractivity contribution in [3.05, 3.63) is 12.2 Å². The van der Waals surface area contributed by atoms with Gasteiger partial charge in [0.15, 0.2) is 0 Å². The number of hydrogen-bond acceptors (Lipinski definition) is 4. The highest BCUT2D eigenvalue weighted by molar-refractivity contribution is 4.84. The van der Waals surface area contributed by atoms with Crippen molar-refractivity contribution >= 4 is 0 Å². The van der Waals surface area contributed by atoms with Crippen LogP contribution in [0.15, 0.2) is 6.33 Å². The number of aliphatic hydroxyl groups is 1. The van der Waals surface area contributed by atoms with Crippen molar-refractivity contribution in [2.75, 3.05) is 0 Å². The lowest BCUT2D eigenvalue weighted by atomic mass is 10.1. The molecular formula is C11H22N4O. The summed E-state index contributed by atoms with van der Waals surface area (Å²) in [7, 11) is 0. The summed E-state index contributed by atoms with van der Waals surface area (Å²) in [6, 6.07) is 0.284. The Hall–Kier alpha value is -0.940. The van der Waals surface area contributed by atoms with E-state index < -0.39 is 0 Å². The lowest BCUT2D eigenvalue weighted by molar-refractivity contribution is 0.170. The van der Waals surface area contributed by atoms with Gasteiger partial charge in [0, 0.05) is 12.6 Å². The van der Waals surface area contributed by atoms with Crippen molar-refractivity contribution in [2.45, 2.75) is 58.8 Å². The number of aliphatic hydroxyl groups excluding tert-OH is 1. The maximum atomic E-state index is 9.25. The van der Waals surface area contributed by atoms with Gasteiger partial charge >= 0.3 is 0 Å². The van der Waals surface area contributed by atoms with E-state index in [4.69, 9.17) is 0 Å². The van der Waals surface area contributed by atoms with Crippen molar-refractivity contribution in [2.24, 2.45) is 0 Å². The number of nitrogens with zero attached hydrogens (tertiary/aromatic N) is 3. The first kappa shape index (κ1) is 13.1. The van der Waals surface area contributed by atoms with Crippen molar-refractivity contribution in [1.82, 2.24) is 20.1 Å². The standard InChI is InChI=1S/C11H22N4O/c1-4-5-15-11(13-8-14-15)7-12-9(2)6-10(3)16/h8-10,12,16H,4-7H2,1-3H3. The van der Waals surface area contributed by atoms with Gasteiger partial charge in [0.05, 0.1) is 12.6 Å². The average molecular weight is 226 g/mol. The predicted molar refractivity (Wildman–Crippen MR) is 62.9 cm³/mol. The zero-order chi connectivity index (χ0) is 12.0. The molecule has 0 saturated carbocycles. The molecule has 1 heterocycles. The molecule has 2 unspecified atom stereocenters. The van der Waals surface area contributed by atoms with Gasteiger partial charge in [-0.2, -0.15) is 5.10 Å². The van der Waals surface area contributed by atoms with Crippen LogP contribution in [-0.4, -0.2) is 32.0 Å². The first-order valence-corrected chi connectivity index (χ1v) is 5.91. The first-order valence-electron chi connectivity index (χ1n) is 5.91. The topological polar surface area (TPSA) is 63.0 Å². The fourth-order valence-corrected chi connectivity index (χ4v) is 1.68. The molecule has 5 heteroatoms. The summed E-state index contributed by atoms with van der Waals surface area (Å²) in [5, 5.41) is 16.7. The third kappa shape index (κ3) is 4.28. The van der Waals surface area contributed by atoms with Crippen LogP contribution in [0.25, 0.3) is 0 Å². The monoisotopic (exact) mass is 226 g/mol. The van der Waals surface area contributed by atoms with Gasteiger partial charge in [-0.1, -0.05) is 6.92 Å². The molecule has 0 aromatic carbocycles. The van der Waals surface area contributed by atoms with Gasteiger partial charge in [-0.15, -0.1) is 0 Å². The van der Waals surface area contributed by atoms with Gasteiger partial charge in [0.1, 0.15) is 12.2 Å². The van der Waals surface area contributed by atoms with E-state index >= 15 is 0 Å². The van der Waals surface area contributed by atoms with E-state index in [0.717, 1.165) is 25.2 Å². The molecular weight excluding hydrogens is 204 g/mol. The molecule has 1 aromatic heterocycles. The van der Waals surface area contributed by atoms with E-state index in [0.29, 0.717) is 6.54 Å². The van der Waals surface area contributed by atoms with E-state index in [1.165, 1.54) is 0 Å². The molecule has 16 heavy (non-hydrogen) atoms. The number of hydrogen-bond donors (Lipinski definition) is 2. The summed E-state index contributed by atoms with van der Waals surface area (Å²) in [5.41, 5.74) is 0. The van der Waals surface area contributed by atoms with Crippen LogP contribution in [0.5, 0.6) is 0 Å². The SMILES string of the molecule is CCCn1ncnc1CNC(C)CC(C)O. The fraction of sp³-hybridized carbons (Fsp3) is 0.818. The van der Waals surface area contributed by atoms with E-state index in [1.807, 2.05) is 4.68 Å². The number of nitrogens with one attached hydrogen (secondary N) is 1. The number of rotatable bonds is 7. The van der Waals surface area contributed by atoms with Gasteiger partial charge in [-0.25, -0.2) is 9.67 Å². The molecule has 0 aliphatic heterocycles. The lowest BCUT2D eigenvalue weighted by Crippen LogP contribution is -2.30. The van der Waals surface area contributed by atoms with Gasteiger partial charge < -0.3 is 10.4 Å². The molecule has 92 valence electrons. The van der Waals surface area contributed by atoms with Crippen molar-refractivity contribution in [3.8, 4) is 0 Å². The van der Waals surface area contributed by atoms with Crippen LogP contribution in [0.4, 0.5) is 0 Å². The highest BCUT2D eigenvalue weighted by Crippen LogP contribution is 2.00. The number of aromatic nitrogens is 3. The Morgan fingerprint density at radius 3 is 2.88 bits per heavy atom. The molecule has 0 fully saturated rings. The van der Waals surface area contributed by atoms with Crippen molar-refractivity contribution in [3.63, 3.8) is 0 Å². The summed E-state index contributed by atoms with van der Waals surface area (Å²) >= 11 is 0. The molecule has 0 saturated heterocycles. The van der Waals surface area contributed by atoms with Crippen molar-refractivity contribution < 1.29 is 5.11 Å². The molecule has 0 bridgehead atoms. The Balaban J connectivity index is 2.38. The molecule has 0 radical (unpaired) electrons. The normalized spacial score (nSPS) is 15.0. The van der Waals surface area contributed by atoms with Gasteiger partial charge in [0.2, 0.25) is 0 Å². The van der Waals surface area contributed by atoms with E-state index in [-0.39, 0.29) is 12.1 Å². The van der Waals surface area contributed by atoms with Crippen LogP contribution < -0.4 is 5.32 Å². The molecule has 1 aromatic rings. The second-order valence-corrected chi connectivity index (χ2v) is 4.27. The summed E-state index contributed by atoms with van der Waals surface area (Å²) in [5.74, 6) is 0.958. The Morgan fingerprint density at radius 1 is 1.50 bits per heavy atom. The maximum absolute atomic E-state index is 9.25. The van der Waals surface area contributed by atoms with Crippen LogP contribution in [0.2, 0.25) is 0 Å². The summed E-state index contributed by atoms with van der Waals surface area (Å²) in [6.07, 6.45) is 3.13. The first-order chi connectivity index (χ1) is 7.63. The van der Waals surface area contributed by atoms with Crippen LogP contribution >= 0.6 is 0 Å². The van der Waals surface area contributed by atoms with E-state index in [9.17, 15) is 5.11 Å². The highest BCUT2D eigenvalue weighted by atomic mass is 16.3. The zero-order valence-corrected chi connectivity index (χ0v) is 10.3. The molecule has 0 amide bonds. The summed E-state index contributed by atoms with van der Waals surface area (Å²) < 4.78 is 1.92. The minimum Gasteiger partial charge on any atom is -0.393 e. The Kier molecular flexibility index (Phi) is 5.42. The smallest absolute Gasteiger partial charge is 0.140 e. The largest absolute Gasteiger partial charge is 0.393 e.